The van der Waals surface area contributed by atoms with Crippen LogP contribution in [0.2, 0.25) is 0 Å². The molecule has 2 heterocycles. The molecule has 2 aliphatic rings. The Balaban J connectivity index is 1.53. The second-order valence-corrected chi connectivity index (χ2v) is 9.43. The summed E-state index contributed by atoms with van der Waals surface area (Å²) < 4.78 is 45.5. The maximum absolute atomic E-state index is 11.8. The summed E-state index contributed by atoms with van der Waals surface area (Å²) in [6, 6.07) is 17.8. The number of methoxy groups -OCH3 is 1. The zero-order valence-corrected chi connectivity index (χ0v) is 19.1. The molecule has 1 fully saturated rings. The van der Waals surface area contributed by atoms with Gasteiger partial charge in [0, 0.05) is 17.7 Å². The zero-order valence-electron chi connectivity index (χ0n) is 18.3. The first-order valence-corrected chi connectivity index (χ1v) is 12.4. The summed E-state index contributed by atoms with van der Waals surface area (Å²) in [6.07, 6.45) is 6.67. The number of aromatic nitrogens is 1. The molecule has 0 radical (unpaired) electrons. The highest BCUT2D eigenvalue weighted by Crippen LogP contribution is 2.42. The number of benzene rings is 2. The normalized spacial score (nSPS) is 17.6. The van der Waals surface area contributed by atoms with Gasteiger partial charge in [-0.1, -0.05) is 36.4 Å². The Hall–Kier alpha value is -3.26. The maximum atomic E-state index is 11.8. The van der Waals surface area contributed by atoms with Gasteiger partial charge in [-0.05, 0) is 61.4 Å². The van der Waals surface area contributed by atoms with Gasteiger partial charge in [0.15, 0.2) is 11.5 Å². The van der Waals surface area contributed by atoms with Crippen molar-refractivity contribution in [2.24, 2.45) is 0 Å². The summed E-state index contributed by atoms with van der Waals surface area (Å²) in [5.74, 6) is 1.46. The lowest BCUT2D eigenvalue weighted by atomic mass is 9.85. The molecule has 0 unspecified atom stereocenters. The van der Waals surface area contributed by atoms with Gasteiger partial charge in [0.2, 0.25) is 5.75 Å². The molecule has 0 bridgehead atoms. The van der Waals surface area contributed by atoms with Crippen molar-refractivity contribution in [2.45, 2.75) is 44.1 Å². The van der Waals surface area contributed by atoms with E-state index >= 15 is 0 Å². The van der Waals surface area contributed by atoms with Crippen molar-refractivity contribution in [2.75, 3.05) is 7.11 Å². The standard InChI is InChI=1S/C25H25NO6S/c1-29-22-12-11-18(16-23(22)30-20-9-5-6-10-20)21(17-7-3-2-4-8-17)15-19-13-14-26-25-24(19)31-33(27,28)32-25/h2-4,7-8,11-14,16,20-21H,5-6,9-10,15H2,1H3/t21-/m1/s1. The van der Waals surface area contributed by atoms with Gasteiger partial charge in [-0.2, -0.15) is 0 Å². The van der Waals surface area contributed by atoms with Gasteiger partial charge >= 0.3 is 10.4 Å². The van der Waals surface area contributed by atoms with Crippen molar-refractivity contribution < 1.29 is 26.3 Å². The fourth-order valence-corrected chi connectivity index (χ4v) is 5.24. The molecule has 1 saturated carbocycles. The van der Waals surface area contributed by atoms with Gasteiger partial charge in [0.25, 0.3) is 5.88 Å². The average molecular weight is 468 g/mol. The van der Waals surface area contributed by atoms with Gasteiger partial charge in [0.05, 0.1) is 13.2 Å². The van der Waals surface area contributed by atoms with E-state index in [0.29, 0.717) is 17.7 Å². The first kappa shape index (κ1) is 21.6. The average Bonchev–Trinajstić information content (AvgIpc) is 3.44. The number of ether oxygens (including phenoxy) is 2. The Morgan fingerprint density at radius 1 is 1.00 bits per heavy atom. The van der Waals surface area contributed by atoms with Crippen LogP contribution in [0.1, 0.15) is 48.3 Å². The van der Waals surface area contributed by atoms with E-state index < -0.39 is 10.4 Å². The highest BCUT2D eigenvalue weighted by atomic mass is 32.3. The van der Waals surface area contributed by atoms with Crippen molar-refractivity contribution in [3.63, 3.8) is 0 Å². The third kappa shape index (κ3) is 4.61. The topological polar surface area (TPSA) is 84.0 Å². The zero-order chi connectivity index (χ0) is 22.8. The van der Waals surface area contributed by atoms with Crippen molar-refractivity contribution in [3.05, 3.63) is 77.5 Å². The predicted octanol–water partition coefficient (Wildman–Crippen LogP) is 4.80. The Morgan fingerprint density at radius 3 is 2.55 bits per heavy atom. The molecule has 1 atom stereocenters. The summed E-state index contributed by atoms with van der Waals surface area (Å²) in [6.45, 7) is 0. The highest BCUT2D eigenvalue weighted by molar-refractivity contribution is 7.82. The van der Waals surface area contributed by atoms with E-state index in [-0.39, 0.29) is 23.7 Å². The first-order chi connectivity index (χ1) is 16.0. The minimum Gasteiger partial charge on any atom is -0.493 e. The lowest BCUT2D eigenvalue weighted by molar-refractivity contribution is 0.200. The van der Waals surface area contributed by atoms with E-state index in [1.165, 1.54) is 19.0 Å². The smallest absolute Gasteiger partial charge is 0.493 e. The molecule has 8 heteroatoms. The molecule has 2 aromatic carbocycles. The number of hydrogen-bond donors (Lipinski definition) is 0. The second kappa shape index (κ2) is 8.94. The van der Waals surface area contributed by atoms with E-state index in [0.717, 1.165) is 29.7 Å². The first-order valence-electron chi connectivity index (χ1n) is 11.0. The van der Waals surface area contributed by atoms with Gasteiger partial charge in [0.1, 0.15) is 0 Å². The minimum absolute atomic E-state index is 0.0284. The molecule has 33 heavy (non-hydrogen) atoms. The number of nitrogens with zero attached hydrogens (tertiary/aromatic N) is 1. The van der Waals surface area contributed by atoms with Crippen molar-refractivity contribution in [3.8, 4) is 23.1 Å². The number of rotatable bonds is 7. The summed E-state index contributed by atoms with van der Waals surface area (Å²) >= 11 is 0. The van der Waals surface area contributed by atoms with Crippen molar-refractivity contribution >= 4 is 10.4 Å². The molecule has 0 saturated heterocycles. The molecule has 1 aromatic heterocycles. The Labute approximate surface area is 193 Å². The molecule has 0 N–H and O–H groups in total. The largest absolute Gasteiger partial charge is 0.502 e. The van der Waals surface area contributed by atoms with Crippen molar-refractivity contribution in [1.29, 1.82) is 0 Å². The Morgan fingerprint density at radius 2 is 1.79 bits per heavy atom. The molecule has 172 valence electrons. The van der Waals surface area contributed by atoms with Gasteiger partial charge in [-0.25, -0.2) is 4.98 Å². The van der Waals surface area contributed by atoms with Crippen LogP contribution in [0.3, 0.4) is 0 Å². The Bertz CT molecular complexity index is 1240. The van der Waals surface area contributed by atoms with Crippen LogP contribution in [0.15, 0.2) is 60.8 Å². The number of hydrogen-bond acceptors (Lipinski definition) is 7. The van der Waals surface area contributed by atoms with Gasteiger partial charge < -0.3 is 17.8 Å². The van der Waals surface area contributed by atoms with E-state index in [1.54, 1.807) is 13.2 Å². The van der Waals surface area contributed by atoms with Crippen LogP contribution in [0.5, 0.6) is 23.1 Å². The van der Waals surface area contributed by atoms with Crippen LogP contribution in [0.25, 0.3) is 0 Å². The van der Waals surface area contributed by atoms with Crippen LogP contribution in [0, 0.1) is 0 Å². The van der Waals surface area contributed by atoms with E-state index in [1.807, 2.05) is 36.4 Å². The minimum atomic E-state index is -4.12. The molecule has 0 amide bonds. The molecule has 0 spiro atoms. The highest BCUT2D eigenvalue weighted by Gasteiger charge is 2.33. The SMILES string of the molecule is COc1ccc([C@H](Cc2ccnc3c2OS(=O)(=O)O3)c2ccccc2)cc1OC1CCCC1. The van der Waals surface area contributed by atoms with Crippen LogP contribution >= 0.6 is 0 Å². The quantitative estimate of drug-likeness (QED) is 0.493. The molecular weight excluding hydrogens is 442 g/mol. The Kier molecular flexibility index (Phi) is 5.85. The molecule has 5 rings (SSSR count). The van der Waals surface area contributed by atoms with E-state index in [2.05, 4.69) is 17.1 Å². The number of pyridine rings is 1. The molecular formula is C25H25NO6S. The third-order valence-electron chi connectivity index (χ3n) is 6.13. The molecule has 7 nitrogen and oxygen atoms in total. The summed E-state index contributed by atoms with van der Waals surface area (Å²) in [5.41, 5.74) is 2.81. The van der Waals surface area contributed by atoms with Crippen LogP contribution < -0.4 is 17.8 Å². The van der Waals surface area contributed by atoms with Crippen molar-refractivity contribution in [1.82, 2.24) is 4.98 Å². The maximum Gasteiger partial charge on any atom is 0.502 e. The summed E-state index contributed by atoms with van der Waals surface area (Å²) in [5, 5.41) is 0. The van der Waals surface area contributed by atoms with Crippen LogP contribution in [-0.4, -0.2) is 26.6 Å². The summed E-state index contributed by atoms with van der Waals surface area (Å²) in [7, 11) is -2.48. The van der Waals surface area contributed by atoms with Crippen LogP contribution in [0.4, 0.5) is 0 Å². The third-order valence-corrected chi connectivity index (χ3v) is 6.86. The fourth-order valence-electron chi connectivity index (χ4n) is 4.51. The van der Waals surface area contributed by atoms with E-state index in [4.69, 9.17) is 17.8 Å². The van der Waals surface area contributed by atoms with Gasteiger partial charge in [-0.3, -0.25) is 0 Å². The summed E-state index contributed by atoms with van der Waals surface area (Å²) in [4.78, 5) is 4.00. The molecule has 1 aliphatic heterocycles. The van der Waals surface area contributed by atoms with Gasteiger partial charge in [-0.15, -0.1) is 8.42 Å². The lowest BCUT2D eigenvalue weighted by Crippen LogP contribution is -2.13. The monoisotopic (exact) mass is 467 g/mol. The second-order valence-electron chi connectivity index (χ2n) is 8.28. The fraction of sp³-hybridized carbons (Fsp3) is 0.320. The van der Waals surface area contributed by atoms with Crippen LogP contribution in [-0.2, 0) is 16.8 Å². The van der Waals surface area contributed by atoms with E-state index in [9.17, 15) is 8.42 Å². The lowest BCUT2D eigenvalue weighted by Gasteiger charge is -2.22. The molecule has 3 aromatic rings. The number of fused-ring (bicyclic) bond motifs is 1. The predicted molar refractivity (Wildman–Crippen MR) is 122 cm³/mol. The molecule has 1 aliphatic carbocycles.